The molecule has 2 N–H and O–H groups in total. The Balaban J connectivity index is 1.84. The zero-order chi connectivity index (χ0) is 24.7. The molecule has 0 saturated carbocycles. The molecule has 0 saturated heterocycles. The first-order chi connectivity index (χ1) is 16.8. The van der Waals surface area contributed by atoms with Crippen molar-refractivity contribution >= 4 is 22.5 Å². The number of imidazole rings is 1. The molecular weight excluding hydrogens is 460 g/mol. The van der Waals surface area contributed by atoms with Crippen LogP contribution in [0.25, 0.3) is 22.2 Å². The van der Waals surface area contributed by atoms with Crippen LogP contribution in [-0.4, -0.2) is 24.1 Å². The van der Waals surface area contributed by atoms with Crippen LogP contribution in [0.1, 0.15) is 22.6 Å². The Hall–Kier alpha value is -4.25. The van der Waals surface area contributed by atoms with Crippen molar-refractivity contribution in [1.82, 2.24) is 24.1 Å². The van der Waals surface area contributed by atoms with Crippen molar-refractivity contribution in [1.29, 1.82) is 0 Å². The van der Waals surface area contributed by atoms with E-state index in [-0.39, 0.29) is 5.56 Å². The maximum absolute atomic E-state index is 12.8. The summed E-state index contributed by atoms with van der Waals surface area (Å²) in [7, 11) is 3.59. The van der Waals surface area contributed by atoms with Crippen LogP contribution in [0.15, 0.2) is 78.1 Å². The third-order valence-corrected chi connectivity index (χ3v) is 6.48. The van der Waals surface area contributed by atoms with E-state index in [1.807, 2.05) is 41.9 Å². The number of hydrogen-bond acceptors (Lipinski definition) is 5. The first-order valence-electron chi connectivity index (χ1n) is 10.8. The van der Waals surface area contributed by atoms with Gasteiger partial charge in [0, 0.05) is 36.1 Å². The van der Waals surface area contributed by atoms with Gasteiger partial charge in [0.05, 0.1) is 41.3 Å². The predicted octanol–water partition coefficient (Wildman–Crippen LogP) is 3.61. The Labute approximate surface area is 206 Å². The molecule has 0 aliphatic rings. The average Bonchev–Trinajstić information content (AvgIpc) is 3.32. The van der Waals surface area contributed by atoms with Gasteiger partial charge in [0.15, 0.2) is 0 Å². The average molecular weight is 481 g/mol. The number of fused-ring (bicyclic) bond motifs is 1. The van der Waals surface area contributed by atoms with Crippen molar-refractivity contribution in [3.8, 4) is 23.6 Å². The number of pyridine rings is 3. The minimum absolute atomic E-state index is 0.182. The van der Waals surface area contributed by atoms with Crippen molar-refractivity contribution in [2.45, 2.75) is 5.54 Å². The number of rotatable bonds is 4. The van der Waals surface area contributed by atoms with Gasteiger partial charge in [-0.3, -0.25) is 9.78 Å². The lowest BCUT2D eigenvalue weighted by Gasteiger charge is -2.30. The fraction of sp³-hybridized carbons (Fsp3) is 0.111. The Morgan fingerprint density at radius 1 is 1.09 bits per heavy atom. The highest BCUT2D eigenvalue weighted by atomic mass is 35.5. The largest absolute Gasteiger partial charge is 0.335 e. The van der Waals surface area contributed by atoms with E-state index in [0.717, 1.165) is 16.6 Å². The summed E-state index contributed by atoms with van der Waals surface area (Å²) in [6.45, 7) is 0. The number of hydrogen-bond donors (Lipinski definition) is 1. The van der Waals surface area contributed by atoms with Gasteiger partial charge < -0.3 is 14.9 Å². The summed E-state index contributed by atoms with van der Waals surface area (Å²) in [5.41, 5.74) is 10.3. The highest BCUT2D eigenvalue weighted by molar-refractivity contribution is 6.30. The van der Waals surface area contributed by atoms with E-state index in [4.69, 9.17) is 28.7 Å². The molecule has 8 heteroatoms. The molecule has 0 aliphatic heterocycles. The summed E-state index contributed by atoms with van der Waals surface area (Å²) in [6, 6.07) is 16.2. The summed E-state index contributed by atoms with van der Waals surface area (Å²) in [6.07, 6.45) is 10.6. The number of aryl methyl sites for hydroxylation is 2. The lowest BCUT2D eigenvalue weighted by atomic mass is 9.83. The Bertz CT molecular complexity index is 1680. The second-order valence-electron chi connectivity index (χ2n) is 8.30. The van der Waals surface area contributed by atoms with Crippen LogP contribution < -0.4 is 11.3 Å². The Morgan fingerprint density at radius 2 is 1.86 bits per heavy atom. The van der Waals surface area contributed by atoms with Gasteiger partial charge in [0.1, 0.15) is 11.2 Å². The normalized spacial score (nSPS) is 12.9. The molecule has 0 bridgehead atoms. The minimum Gasteiger partial charge on any atom is -0.335 e. The first-order valence-corrected chi connectivity index (χ1v) is 11.2. The molecule has 5 rings (SSSR count). The van der Waals surface area contributed by atoms with E-state index < -0.39 is 5.54 Å². The van der Waals surface area contributed by atoms with E-state index in [2.05, 4.69) is 15.9 Å². The van der Waals surface area contributed by atoms with Gasteiger partial charge in [0.25, 0.3) is 5.56 Å². The SMILES string of the molecule is C#Cc1cccc(-c2cc(=O)n(C)c3cnc([C@](N)(c4ccc(Cl)cc4)c4cncn4C)cc23)n1. The second kappa shape index (κ2) is 8.51. The van der Waals surface area contributed by atoms with E-state index in [1.54, 1.807) is 54.6 Å². The number of terminal acetylenes is 1. The smallest absolute Gasteiger partial charge is 0.251 e. The van der Waals surface area contributed by atoms with Crippen molar-refractivity contribution < 1.29 is 0 Å². The predicted molar refractivity (Wildman–Crippen MR) is 137 cm³/mol. The molecule has 172 valence electrons. The Kier molecular flexibility index (Phi) is 5.48. The van der Waals surface area contributed by atoms with Gasteiger partial charge in [-0.05, 0) is 35.9 Å². The summed E-state index contributed by atoms with van der Waals surface area (Å²) >= 11 is 6.16. The van der Waals surface area contributed by atoms with Crippen molar-refractivity contribution in [3.63, 3.8) is 0 Å². The molecule has 4 aromatic heterocycles. The van der Waals surface area contributed by atoms with E-state index in [0.29, 0.717) is 33.2 Å². The first kappa shape index (κ1) is 22.5. The van der Waals surface area contributed by atoms with Crippen LogP contribution in [0.4, 0.5) is 0 Å². The number of halogens is 1. The van der Waals surface area contributed by atoms with E-state index in [9.17, 15) is 4.79 Å². The summed E-state index contributed by atoms with van der Waals surface area (Å²) < 4.78 is 3.41. The summed E-state index contributed by atoms with van der Waals surface area (Å²) in [5.74, 6) is 2.55. The van der Waals surface area contributed by atoms with Crippen LogP contribution >= 0.6 is 11.6 Å². The molecule has 1 atom stereocenters. The van der Waals surface area contributed by atoms with Gasteiger partial charge in [-0.2, -0.15) is 0 Å². The van der Waals surface area contributed by atoms with E-state index >= 15 is 0 Å². The second-order valence-corrected chi connectivity index (χ2v) is 8.74. The fourth-order valence-electron chi connectivity index (χ4n) is 4.32. The number of benzene rings is 1. The van der Waals surface area contributed by atoms with Gasteiger partial charge in [0.2, 0.25) is 0 Å². The number of nitrogens with zero attached hydrogens (tertiary/aromatic N) is 5. The molecule has 35 heavy (non-hydrogen) atoms. The number of aromatic nitrogens is 5. The van der Waals surface area contributed by atoms with Crippen LogP contribution in [0.3, 0.4) is 0 Å². The molecule has 1 aromatic carbocycles. The lowest BCUT2D eigenvalue weighted by molar-refractivity contribution is 0.579. The van der Waals surface area contributed by atoms with Crippen LogP contribution in [0.5, 0.6) is 0 Å². The third-order valence-electron chi connectivity index (χ3n) is 6.23. The molecule has 0 radical (unpaired) electrons. The third kappa shape index (κ3) is 3.69. The molecule has 7 nitrogen and oxygen atoms in total. The highest BCUT2D eigenvalue weighted by Crippen LogP contribution is 2.36. The van der Waals surface area contributed by atoms with Gasteiger partial charge in [-0.1, -0.05) is 35.7 Å². The minimum atomic E-state index is -1.15. The molecule has 0 fully saturated rings. The quantitative estimate of drug-likeness (QED) is 0.397. The van der Waals surface area contributed by atoms with E-state index in [1.165, 1.54) is 0 Å². The fourth-order valence-corrected chi connectivity index (χ4v) is 4.44. The summed E-state index contributed by atoms with van der Waals surface area (Å²) in [4.78, 5) is 26.3. The topological polar surface area (TPSA) is 91.6 Å². The molecule has 4 heterocycles. The van der Waals surface area contributed by atoms with Crippen molar-refractivity contribution in [3.05, 3.63) is 111 Å². The highest BCUT2D eigenvalue weighted by Gasteiger charge is 2.36. The van der Waals surface area contributed by atoms with Crippen molar-refractivity contribution in [2.24, 2.45) is 19.8 Å². The van der Waals surface area contributed by atoms with Gasteiger partial charge in [-0.15, -0.1) is 6.42 Å². The lowest BCUT2D eigenvalue weighted by Crippen LogP contribution is -2.41. The molecule has 0 spiro atoms. The molecule has 0 aliphatic carbocycles. The monoisotopic (exact) mass is 480 g/mol. The van der Waals surface area contributed by atoms with Crippen LogP contribution in [-0.2, 0) is 19.6 Å². The van der Waals surface area contributed by atoms with Gasteiger partial charge >= 0.3 is 0 Å². The van der Waals surface area contributed by atoms with Crippen molar-refractivity contribution in [2.75, 3.05) is 0 Å². The molecule has 0 amide bonds. The molecule has 0 unspecified atom stereocenters. The maximum Gasteiger partial charge on any atom is 0.251 e. The van der Waals surface area contributed by atoms with Crippen LogP contribution in [0, 0.1) is 12.3 Å². The zero-order valence-corrected chi connectivity index (χ0v) is 19.9. The van der Waals surface area contributed by atoms with Gasteiger partial charge in [-0.25, -0.2) is 9.97 Å². The molecular formula is C27H21ClN6O. The number of nitrogens with two attached hydrogens (primary N) is 1. The van der Waals surface area contributed by atoms with Crippen LogP contribution in [0.2, 0.25) is 5.02 Å². The Morgan fingerprint density at radius 3 is 2.54 bits per heavy atom. The zero-order valence-electron chi connectivity index (χ0n) is 19.1. The molecule has 5 aromatic rings. The standard InChI is InChI=1S/C27H21ClN6O/c1-4-19-6-5-7-22(32-19)20-13-26(35)34(3)23-14-31-24(12-21(20)23)27(29,25-15-30-16-33(25)2)17-8-10-18(28)11-9-17/h1,5-16H,29H2,2-3H3/t27-/m1/s1. The summed E-state index contributed by atoms with van der Waals surface area (Å²) in [5, 5.41) is 1.37. The maximum atomic E-state index is 12.8.